The molecule has 0 aliphatic carbocycles. The largest absolute Gasteiger partial charge is 1.00 e. The SMILES string of the molecule is Cc1ccc([C@@H](C)[NH3+])cc1.[Cl-]. The molecule has 0 unspecified atom stereocenters. The summed E-state index contributed by atoms with van der Waals surface area (Å²) >= 11 is 0. The highest BCUT2D eigenvalue weighted by atomic mass is 35.5. The Kier molecular flexibility index (Phi) is 4.16. The Morgan fingerprint density at radius 1 is 1.18 bits per heavy atom. The fourth-order valence-corrected chi connectivity index (χ4v) is 0.895. The van der Waals surface area contributed by atoms with Crippen molar-refractivity contribution >= 4 is 0 Å². The van der Waals surface area contributed by atoms with Crippen LogP contribution in [0.1, 0.15) is 24.1 Å². The van der Waals surface area contributed by atoms with Gasteiger partial charge in [0, 0.05) is 5.56 Å². The summed E-state index contributed by atoms with van der Waals surface area (Å²) < 4.78 is 0. The highest BCUT2D eigenvalue weighted by Gasteiger charge is 1.99. The average molecular weight is 172 g/mol. The minimum atomic E-state index is 0. The predicted octanol–water partition coefficient (Wildman–Crippen LogP) is -1.70. The van der Waals surface area contributed by atoms with E-state index in [-0.39, 0.29) is 12.4 Å². The molecule has 0 aliphatic heterocycles. The number of aryl methyl sites for hydroxylation is 1. The quantitative estimate of drug-likeness (QED) is 0.522. The Hall–Kier alpha value is -0.530. The van der Waals surface area contributed by atoms with E-state index in [0.29, 0.717) is 6.04 Å². The maximum atomic E-state index is 3.94. The molecule has 0 amide bonds. The molecule has 0 fully saturated rings. The van der Waals surface area contributed by atoms with Gasteiger partial charge in [0.05, 0.1) is 0 Å². The van der Waals surface area contributed by atoms with Gasteiger partial charge >= 0.3 is 0 Å². The van der Waals surface area contributed by atoms with Crippen molar-refractivity contribution in [2.24, 2.45) is 0 Å². The van der Waals surface area contributed by atoms with Crippen LogP contribution in [0.5, 0.6) is 0 Å². The van der Waals surface area contributed by atoms with Gasteiger partial charge in [0.15, 0.2) is 0 Å². The van der Waals surface area contributed by atoms with E-state index >= 15 is 0 Å². The Morgan fingerprint density at radius 2 is 1.64 bits per heavy atom. The number of quaternary nitrogens is 1. The summed E-state index contributed by atoms with van der Waals surface area (Å²) in [5, 5.41) is 0. The summed E-state index contributed by atoms with van der Waals surface area (Å²) in [4.78, 5) is 0. The van der Waals surface area contributed by atoms with Gasteiger partial charge in [-0.15, -0.1) is 0 Å². The van der Waals surface area contributed by atoms with Gasteiger partial charge in [-0.25, -0.2) is 0 Å². The van der Waals surface area contributed by atoms with Crippen LogP contribution in [0.15, 0.2) is 24.3 Å². The zero-order chi connectivity index (χ0) is 7.56. The lowest BCUT2D eigenvalue weighted by Gasteiger charge is -2.00. The first kappa shape index (κ1) is 10.5. The standard InChI is InChI=1S/C9H13N.ClH/c1-7-3-5-9(6-4-7)8(2)10;/h3-6,8H,10H2,1-2H3;1H/t8-;/m1./s1. The topological polar surface area (TPSA) is 27.6 Å². The normalized spacial score (nSPS) is 11.9. The smallest absolute Gasteiger partial charge is 0.107 e. The van der Waals surface area contributed by atoms with Crippen molar-refractivity contribution in [2.75, 3.05) is 0 Å². The summed E-state index contributed by atoms with van der Waals surface area (Å²) in [7, 11) is 0. The van der Waals surface area contributed by atoms with Crippen molar-refractivity contribution in [3.05, 3.63) is 35.4 Å². The summed E-state index contributed by atoms with van der Waals surface area (Å²) in [6.07, 6.45) is 0. The predicted molar refractivity (Wildman–Crippen MR) is 42.5 cm³/mol. The summed E-state index contributed by atoms with van der Waals surface area (Å²) in [5.74, 6) is 0. The fourth-order valence-electron chi connectivity index (χ4n) is 0.895. The molecular weight excluding hydrogens is 158 g/mol. The number of halogens is 1. The summed E-state index contributed by atoms with van der Waals surface area (Å²) in [6, 6.07) is 8.91. The van der Waals surface area contributed by atoms with E-state index in [1.165, 1.54) is 11.1 Å². The van der Waals surface area contributed by atoms with Crippen molar-refractivity contribution < 1.29 is 18.1 Å². The number of hydrogen-bond acceptors (Lipinski definition) is 0. The van der Waals surface area contributed by atoms with Crippen LogP contribution in [0.2, 0.25) is 0 Å². The lowest BCUT2D eigenvalue weighted by atomic mass is 10.1. The molecule has 3 N–H and O–H groups in total. The van der Waals surface area contributed by atoms with Crippen molar-refractivity contribution in [2.45, 2.75) is 19.9 Å². The van der Waals surface area contributed by atoms with Crippen LogP contribution in [-0.4, -0.2) is 0 Å². The zero-order valence-electron chi connectivity index (χ0n) is 6.97. The third-order valence-corrected chi connectivity index (χ3v) is 1.65. The molecule has 0 spiro atoms. The maximum Gasteiger partial charge on any atom is 0.107 e. The van der Waals surface area contributed by atoms with E-state index in [1.54, 1.807) is 0 Å². The van der Waals surface area contributed by atoms with Gasteiger partial charge in [0.1, 0.15) is 6.04 Å². The molecule has 62 valence electrons. The Bertz CT molecular complexity index is 203. The van der Waals surface area contributed by atoms with Gasteiger partial charge in [-0.2, -0.15) is 0 Å². The molecule has 0 heterocycles. The molecule has 1 nitrogen and oxygen atoms in total. The number of hydrogen-bond donors (Lipinski definition) is 1. The minimum absolute atomic E-state index is 0. The van der Waals surface area contributed by atoms with Gasteiger partial charge in [-0.1, -0.05) is 29.8 Å². The van der Waals surface area contributed by atoms with E-state index in [1.807, 2.05) is 0 Å². The van der Waals surface area contributed by atoms with Gasteiger partial charge < -0.3 is 18.1 Å². The Balaban J connectivity index is 0.000001000. The van der Waals surface area contributed by atoms with Crippen molar-refractivity contribution in [3.63, 3.8) is 0 Å². The molecule has 0 radical (unpaired) electrons. The second-order valence-corrected chi connectivity index (χ2v) is 2.81. The number of benzene rings is 1. The van der Waals surface area contributed by atoms with Crippen LogP contribution >= 0.6 is 0 Å². The third kappa shape index (κ3) is 2.91. The molecule has 0 aromatic heterocycles. The molecule has 0 bridgehead atoms. The monoisotopic (exact) mass is 171 g/mol. The highest BCUT2D eigenvalue weighted by molar-refractivity contribution is 5.22. The van der Waals surface area contributed by atoms with E-state index in [0.717, 1.165) is 0 Å². The molecular formula is C9H14ClN. The van der Waals surface area contributed by atoms with E-state index in [9.17, 15) is 0 Å². The lowest BCUT2D eigenvalue weighted by molar-refractivity contribution is -0.420. The first-order chi connectivity index (χ1) is 4.70. The highest BCUT2D eigenvalue weighted by Crippen LogP contribution is 2.07. The molecule has 0 aliphatic rings. The molecule has 1 aromatic rings. The van der Waals surface area contributed by atoms with Crippen LogP contribution in [0.25, 0.3) is 0 Å². The average Bonchev–Trinajstić information content (AvgIpc) is 1.88. The molecule has 1 atom stereocenters. The number of rotatable bonds is 1. The van der Waals surface area contributed by atoms with Gasteiger partial charge in [0.2, 0.25) is 0 Å². The molecule has 0 saturated heterocycles. The Morgan fingerprint density at radius 3 is 2.00 bits per heavy atom. The first-order valence-corrected chi connectivity index (χ1v) is 3.60. The van der Waals surface area contributed by atoms with Crippen LogP contribution < -0.4 is 18.1 Å². The molecule has 1 aromatic carbocycles. The first-order valence-electron chi connectivity index (χ1n) is 3.60. The second kappa shape index (κ2) is 4.37. The van der Waals surface area contributed by atoms with E-state index in [4.69, 9.17) is 0 Å². The van der Waals surface area contributed by atoms with Crippen LogP contribution in [-0.2, 0) is 0 Å². The lowest BCUT2D eigenvalue weighted by Crippen LogP contribution is -3.00. The van der Waals surface area contributed by atoms with Gasteiger partial charge in [0.25, 0.3) is 0 Å². The van der Waals surface area contributed by atoms with Crippen molar-refractivity contribution in [1.29, 1.82) is 0 Å². The molecule has 1 rings (SSSR count). The molecule has 0 saturated carbocycles. The second-order valence-electron chi connectivity index (χ2n) is 2.81. The van der Waals surface area contributed by atoms with Crippen LogP contribution in [0.4, 0.5) is 0 Å². The van der Waals surface area contributed by atoms with Gasteiger partial charge in [-0.3, -0.25) is 0 Å². The van der Waals surface area contributed by atoms with Crippen LogP contribution in [0.3, 0.4) is 0 Å². The van der Waals surface area contributed by atoms with Crippen molar-refractivity contribution in [3.8, 4) is 0 Å². The minimum Gasteiger partial charge on any atom is -1.00 e. The third-order valence-electron chi connectivity index (χ3n) is 1.65. The molecule has 2 heteroatoms. The summed E-state index contributed by atoms with van der Waals surface area (Å²) in [6.45, 7) is 4.20. The van der Waals surface area contributed by atoms with Crippen LogP contribution in [0, 0.1) is 6.92 Å². The van der Waals surface area contributed by atoms with E-state index < -0.39 is 0 Å². The fraction of sp³-hybridized carbons (Fsp3) is 0.333. The zero-order valence-corrected chi connectivity index (χ0v) is 7.73. The van der Waals surface area contributed by atoms with Crippen molar-refractivity contribution in [1.82, 2.24) is 0 Å². The molecule has 11 heavy (non-hydrogen) atoms. The van der Waals surface area contributed by atoms with E-state index in [2.05, 4.69) is 43.8 Å². The van der Waals surface area contributed by atoms with Gasteiger partial charge in [-0.05, 0) is 13.8 Å². The maximum absolute atomic E-state index is 3.94. The summed E-state index contributed by atoms with van der Waals surface area (Å²) in [5.41, 5.74) is 6.56. The Labute approximate surface area is 74.0 Å².